The Morgan fingerprint density at radius 2 is 2.05 bits per heavy atom. The molecule has 0 fully saturated rings. The zero-order chi connectivity index (χ0) is 15.6. The fourth-order valence-corrected chi connectivity index (χ4v) is 2.87. The van der Waals surface area contributed by atoms with Crippen molar-refractivity contribution in [3.8, 4) is 0 Å². The summed E-state index contributed by atoms with van der Waals surface area (Å²) in [6.45, 7) is 1.61. The average molecular weight is 372 g/mol. The van der Waals surface area contributed by atoms with Crippen LogP contribution in [-0.4, -0.2) is 5.91 Å². The highest BCUT2D eigenvalue weighted by Gasteiger charge is 2.35. The molecule has 0 aliphatic rings. The maximum Gasteiger partial charge on any atom is 0.247 e. The number of primary amides is 1. The fourth-order valence-electron chi connectivity index (χ4n) is 2.01. The minimum Gasteiger partial charge on any atom is -0.368 e. The maximum atomic E-state index is 13.3. The summed E-state index contributed by atoms with van der Waals surface area (Å²) in [6.07, 6.45) is 0. The van der Waals surface area contributed by atoms with Gasteiger partial charge in [-0.2, -0.15) is 0 Å². The van der Waals surface area contributed by atoms with Crippen molar-refractivity contribution in [3.63, 3.8) is 0 Å². The lowest BCUT2D eigenvalue weighted by Gasteiger charge is -2.30. The topological polar surface area (TPSA) is 55.1 Å². The van der Waals surface area contributed by atoms with Gasteiger partial charge in [-0.15, -0.1) is 0 Å². The van der Waals surface area contributed by atoms with Crippen molar-refractivity contribution in [2.24, 2.45) is 5.73 Å². The summed E-state index contributed by atoms with van der Waals surface area (Å²) in [5.74, 6) is -1.02. The van der Waals surface area contributed by atoms with E-state index in [1.165, 1.54) is 12.1 Å². The molecule has 0 aliphatic carbocycles. The minimum absolute atomic E-state index is 0.384. The molecule has 3 N–H and O–H groups in total. The lowest BCUT2D eigenvalue weighted by molar-refractivity contribution is -0.122. The molecule has 3 nitrogen and oxygen atoms in total. The van der Waals surface area contributed by atoms with Crippen molar-refractivity contribution in [2.45, 2.75) is 12.5 Å². The molecule has 2 aromatic carbocycles. The van der Waals surface area contributed by atoms with Crippen LogP contribution in [0.15, 0.2) is 46.9 Å². The molecule has 1 amide bonds. The SMILES string of the molecule is CC(Nc1cccc(F)c1)(C(N)=O)c1ccc(Br)cc1Cl. The molecule has 21 heavy (non-hydrogen) atoms. The van der Waals surface area contributed by atoms with Gasteiger partial charge in [0.15, 0.2) is 0 Å². The largest absolute Gasteiger partial charge is 0.368 e. The molecule has 0 aliphatic heterocycles. The Morgan fingerprint density at radius 1 is 1.33 bits per heavy atom. The van der Waals surface area contributed by atoms with Crippen molar-refractivity contribution in [2.75, 3.05) is 5.32 Å². The fraction of sp³-hybridized carbons (Fsp3) is 0.133. The Labute approximate surface area is 135 Å². The van der Waals surface area contributed by atoms with E-state index < -0.39 is 17.3 Å². The summed E-state index contributed by atoms with van der Waals surface area (Å²) < 4.78 is 14.1. The third-order valence-electron chi connectivity index (χ3n) is 3.18. The van der Waals surface area contributed by atoms with Crippen molar-refractivity contribution < 1.29 is 9.18 Å². The quantitative estimate of drug-likeness (QED) is 0.852. The number of hydrogen-bond acceptors (Lipinski definition) is 2. The predicted molar refractivity (Wildman–Crippen MR) is 85.7 cm³/mol. The van der Waals surface area contributed by atoms with Gasteiger partial charge in [0, 0.05) is 20.7 Å². The number of halogens is 3. The van der Waals surface area contributed by atoms with Crippen molar-refractivity contribution in [1.29, 1.82) is 0 Å². The Bertz CT molecular complexity index is 695. The number of carbonyl (C=O) groups is 1. The number of amides is 1. The molecule has 0 spiro atoms. The van der Waals surface area contributed by atoms with Gasteiger partial charge in [0.2, 0.25) is 5.91 Å². The molecule has 0 aromatic heterocycles. The van der Waals surface area contributed by atoms with Crippen molar-refractivity contribution >= 4 is 39.1 Å². The molecule has 2 rings (SSSR count). The van der Waals surface area contributed by atoms with Gasteiger partial charge in [0.05, 0.1) is 0 Å². The van der Waals surface area contributed by atoms with E-state index in [4.69, 9.17) is 17.3 Å². The zero-order valence-corrected chi connectivity index (χ0v) is 13.5. The average Bonchev–Trinajstić information content (AvgIpc) is 2.38. The Kier molecular flexibility index (Phi) is 4.54. The molecular formula is C15H13BrClFN2O. The lowest BCUT2D eigenvalue weighted by Crippen LogP contribution is -2.45. The van der Waals surface area contributed by atoms with E-state index >= 15 is 0 Å². The summed E-state index contributed by atoms with van der Waals surface area (Å²) >= 11 is 9.51. The monoisotopic (exact) mass is 370 g/mol. The number of hydrogen-bond donors (Lipinski definition) is 2. The van der Waals surface area contributed by atoms with E-state index in [0.717, 1.165) is 4.47 Å². The first-order valence-corrected chi connectivity index (χ1v) is 7.29. The van der Waals surface area contributed by atoms with Crippen LogP contribution in [0.25, 0.3) is 0 Å². The standard InChI is InChI=1S/C15H13BrClFN2O/c1-15(14(19)21,12-6-5-9(16)7-13(12)17)20-11-4-2-3-10(18)8-11/h2-8,20H,1H3,(H2,19,21). The molecule has 0 radical (unpaired) electrons. The normalized spacial score (nSPS) is 13.5. The highest BCUT2D eigenvalue weighted by Crippen LogP contribution is 2.33. The van der Waals surface area contributed by atoms with E-state index in [2.05, 4.69) is 21.2 Å². The molecule has 0 heterocycles. The molecule has 2 aromatic rings. The number of anilines is 1. The first-order valence-electron chi connectivity index (χ1n) is 6.12. The number of benzene rings is 2. The van der Waals surface area contributed by atoms with Gasteiger partial charge < -0.3 is 11.1 Å². The number of nitrogens with two attached hydrogens (primary N) is 1. The van der Waals surface area contributed by atoms with E-state index in [-0.39, 0.29) is 0 Å². The van der Waals surface area contributed by atoms with Crippen LogP contribution in [0.3, 0.4) is 0 Å². The smallest absolute Gasteiger partial charge is 0.247 e. The summed E-state index contributed by atoms with van der Waals surface area (Å²) in [4.78, 5) is 11.9. The highest BCUT2D eigenvalue weighted by atomic mass is 79.9. The first kappa shape index (κ1) is 15.8. The molecule has 0 saturated carbocycles. The molecule has 0 saturated heterocycles. The molecule has 110 valence electrons. The Hall–Kier alpha value is -1.59. The predicted octanol–water partition coefficient (Wildman–Crippen LogP) is 4.05. The Balaban J connectivity index is 2.48. The van der Waals surface area contributed by atoms with Crippen LogP contribution in [0.4, 0.5) is 10.1 Å². The van der Waals surface area contributed by atoms with Gasteiger partial charge >= 0.3 is 0 Å². The minimum atomic E-state index is -1.26. The summed E-state index contributed by atoms with van der Waals surface area (Å²) in [6, 6.07) is 10.9. The van der Waals surface area contributed by atoms with Crippen LogP contribution in [-0.2, 0) is 10.3 Å². The zero-order valence-electron chi connectivity index (χ0n) is 11.2. The maximum absolute atomic E-state index is 13.3. The summed E-state index contributed by atoms with van der Waals surface area (Å²) in [5, 5.41) is 3.34. The van der Waals surface area contributed by atoms with E-state index in [1.54, 1.807) is 37.3 Å². The third-order valence-corrected chi connectivity index (χ3v) is 3.99. The van der Waals surface area contributed by atoms with Gasteiger partial charge in [0.1, 0.15) is 11.4 Å². The van der Waals surface area contributed by atoms with E-state index in [1.807, 2.05) is 0 Å². The summed E-state index contributed by atoms with van der Waals surface area (Å²) in [5.41, 5.74) is 5.23. The number of rotatable bonds is 4. The summed E-state index contributed by atoms with van der Waals surface area (Å²) in [7, 11) is 0. The van der Waals surface area contributed by atoms with Crippen LogP contribution < -0.4 is 11.1 Å². The van der Waals surface area contributed by atoms with Gasteiger partial charge in [0.25, 0.3) is 0 Å². The molecular weight excluding hydrogens is 359 g/mol. The second-order valence-corrected chi connectivity index (χ2v) is 6.07. The first-order chi connectivity index (χ1) is 9.83. The van der Waals surface area contributed by atoms with Crippen molar-refractivity contribution in [3.05, 3.63) is 63.3 Å². The highest BCUT2D eigenvalue weighted by molar-refractivity contribution is 9.10. The molecule has 1 unspecified atom stereocenters. The van der Waals surface area contributed by atoms with E-state index in [0.29, 0.717) is 16.3 Å². The molecule has 0 bridgehead atoms. The number of nitrogens with one attached hydrogen (secondary N) is 1. The van der Waals surface area contributed by atoms with Crippen LogP contribution in [0.2, 0.25) is 5.02 Å². The molecule has 6 heteroatoms. The van der Waals surface area contributed by atoms with Crippen LogP contribution >= 0.6 is 27.5 Å². The lowest BCUT2D eigenvalue weighted by atomic mass is 9.90. The van der Waals surface area contributed by atoms with Gasteiger partial charge in [-0.1, -0.05) is 39.7 Å². The van der Waals surface area contributed by atoms with Gasteiger partial charge in [-0.25, -0.2) is 4.39 Å². The molecule has 1 atom stereocenters. The second kappa shape index (κ2) is 6.03. The third kappa shape index (κ3) is 3.36. The van der Waals surface area contributed by atoms with Gasteiger partial charge in [-0.3, -0.25) is 4.79 Å². The van der Waals surface area contributed by atoms with E-state index in [9.17, 15) is 9.18 Å². The van der Waals surface area contributed by atoms with Crippen LogP contribution in [0.1, 0.15) is 12.5 Å². The number of carbonyl (C=O) groups excluding carboxylic acids is 1. The second-order valence-electron chi connectivity index (χ2n) is 4.75. The van der Waals surface area contributed by atoms with Crippen LogP contribution in [0, 0.1) is 5.82 Å². The van der Waals surface area contributed by atoms with Crippen molar-refractivity contribution in [1.82, 2.24) is 0 Å². The van der Waals surface area contributed by atoms with Gasteiger partial charge in [-0.05, 0) is 37.3 Å². The van der Waals surface area contributed by atoms with Crippen LogP contribution in [0.5, 0.6) is 0 Å². The Morgan fingerprint density at radius 3 is 2.62 bits per heavy atom.